The van der Waals surface area contributed by atoms with Crippen LogP contribution < -0.4 is 0 Å². The molecule has 0 unspecified atom stereocenters. The van der Waals surface area contributed by atoms with Gasteiger partial charge in [0.15, 0.2) is 0 Å². The van der Waals surface area contributed by atoms with Crippen LogP contribution in [0, 0.1) is 0 Å². The van der Waals surface area contributed by atoms with Crippen molar-refractivity contribution in [1.82, 2.24) is 0 Å². The first-order valence-corrected chi connectivity index (χ1v) is 4.99. The average Bonchev–Trinajstić information content (AvgIpc) is 2.47. The van der Waals surface area contributed by atoms with Gasteiger partial charge in [0.2, 0.25) is 0 Å². The number of hydrogen-bond donors (Lipinski definition) is 1. The van der Waals surface area contributed by atoms with Gasteiger partial charge in [0.25, 0.3) is 0 Å². The molecule has 1 aromatic carbocycles. The fraction of sp³-hybridized carbons (Fsp3) is 0.500. The summed E-state index contributed by atoms with van der Waals surface area (Å²) >= 11 is 0. The van der Waals surface area contributed by atoms with Gasteiger partial charge in [-0.15, -0.1) is 0 Å². The molecule has 1 aromatic rings. The molecular weight excluding hydrogens is 160 g/mol. The molecule has 2 rings (SSSR count). The molecule has 0 amide bonds. The zero-order valence-corrected chi connectivity index (χ0v) is 8.25. The lowest BCUT2D eigenvalue weighted by Crippen LogP contribution is -1.93. The van der Waals surface area contributed by atoms with Crippen LogP contribution >= 0.6 is 0 Å². The highest BCUT2D eigenvalue weighted by Crippen LogP contribution is 2.32. The Labute approximate surface area is 79.4 Å². The molecule has 0 saturated carbocycles. The van der Waals surface area contributed by atoms with Crippen molar-refractivity contribution < 1.29 is 5.11 Å². The molecule has 1 atom stereocenters. The standard InChI is InChI=1S/C12H16O/c1-8(2)9-3-5-11-10(7-9)4-6-12(11)13/h3,5,7-8,12-13H,4,6H2,1-2H3/t12-/m1/s1. The third-order valence-corrected chi connectivity index (χ3v) is 2.88. The molecule has 13 heavy (non-hydrogen) atoms. The van der Waals surface area contributed by atoms with E-state index in [0.717, 1.165) is 18.4 Å². The summed E-state index contributed by atoms with van der Waals surface area (Å²) in [6.07, 6.45) is 1.73. The van der Waals surface area contributed by atoms with Gasteiger partial charge in [-0.1, -0.05) is 32.0 Å². The largest absolute Gasteiger partial charge is 0.388 e. The summed E-state index contributed by atoms with van der Waals surface area (Å²) in [4.78, 5) is 0. The van der Waals surface area contributed by atoms with Crippen molar-refractivity contribution in [2.75, 3.05) is 0 Å². The van der Waals surface area contributed by atoms with Crippen LogP contribution in [-0.2, 0) is 6.42 Å². The van der Waals surface area contributed by atoms with Crippen LogP contribution in [0.4, 0.5) is 0 Å². The fourth-order valence-corrected chi connectivity index (χ4v) is 1.97. The van der Waals surface area contributed by atoms with Crippen LogP contribution in [0.2, 0.25) is 0 Å². The summed E-state index contributed by atoms with van der Waals surface area (Å²) in [7, 11) is 0. The van der Waals surface area contributed by atoms with E-state index in [0.29, 0.717) is 5.92 Å². The number of aryl methyl sites for hydroxylation is 1. The lowest BCUT2D eigenvalue weighted by molar-refractivity contribution is 0.180. The second kappa shape index (κ2) is 3.15. The van der Waals surface area contributed by atoms with Crippen molar-refractivity contribution >= 4 is 0 Å². The Bertz CT molecular complexity index is 315. The van der Waals surface area contributed by atoms with Crippen LogP contribution in [0.5, 0.6) is 0 Å². The predicted molar refractivity (Wildman–Crippen MR) is 53.8 cm³/mol. The number of hydrogen-bond acceptors (Lipinski definition) is 1. The number of benzene rings is 1. The zero-order chi connectivity index (χ0) is 9.42. The quantitative estimate of drug-likeness (QED) is 0.697. The first-order chi connectivity index (χ1) is 6.18. The van der Waals surface area contributed by atoms with Crippen LogP contribution in [0.3, 0.4) is 0 Å². The number of rotatable bonds is 1. The Morgan fingerprint density at radius 2 is 2.15 bits per heavy atom. The van der Waals surface area contributed by atoms with E-state index in [-0.39, 0.29) is 6.10 Å². The minimum atomic E-state index is -0.212. The van der Waals surface area contributed by atoms with E-state index in [1.807, 2.05) is 0 Å². The smallest absolute Gasteiger partial charge is 0.0795 e. The van der Waals surface area contributed by atoms with Gasteiger partial charge in [-0.3, -0.25) is 0 Å². The normalized spacial score (nSPS) is 20.8. The number of aliphatic hydroxyl groups is 1. The van der Waals surface area contributed by atoms with Gasteiger partial charge >= 0.3 is 0 Å². The monoisotopic (exact) mass is 176 g/mol. The summed E-state index contributed by atoms with van der Waals surface area (Å²) in [5.41, 5.74) is 3.87. The lowest BCUT2D eigenvalue weighted by atomic mass is 9.98. The van der Waals surface area contributed by atoms with Crippen molar-refractivity contribution in [3.63, 3.8) is 0 Å². The topological polar surface area (TPSA) is 20.2 Å². The summed E-state index contributed by atoms with van der Waals surface area (Å²) < 4.78 is 0. The molecule has 0 saturated heterocycles. The number of aliphatic hydroxyl groups excluding tert-OH is 1. The van der Waals surface area contributed by atoms with Crippen molar-refractivity contribution in [2.45, 2.75) is 38.7 Å². The van der Waals surface area contributed by atoms with Gasteiger partial charge in [-0.2, -0.15) is 0 Å². The molecule has 1 heteroatoms. The van der Waals surface area contributed by atoms with Crippen LogP contribution in [0.15, 0.2) is 18.2 Å². The Kier molecular flexibility index (Phi) is 2.12. The van der Waals surface area contributed by atoms with Gasteiger partial charge in [-0.25, -0.2) is 0 Å². The van der Waals surface area contributed by atoms with Gasteiger partial charge in [0.05, 0.1) is 6.10 Å². The molecule has 0 radical (unpaired) electrons. The zero-order valence-electron chi connectivity index (χ0n) is 8.25. The van der Waals surface area contributed by atoms with Crippen molar-refractivity contribution in [1.29, 1.82) is 0 Å². The third kappa shape index (κ3) is 1.49. The minimum Gasteiger partial charge on any atom is -0.388 e. The average molecular weight is 176 g/mol. The molecule has 70 valence electrons. The highest BCUT2D eigenvalue weighted by molar-refractivity contribution is 5.37. The maximum Gasteiger partial charge on any atom is 0.0795 e. The van der Waals surface area contributed by atoms with Crippen molar-refractivity contribution in [3.8, 4) is 0 Å². The minimum absolute atomic E-state index is 0.212. The van der Waals surface area contributed by atoms with E-state index in [2.05, 4.69) is 32.0 Å². The molecule has 0 aliphatic heterocycles. The molecule has 0 spiro atoms. The molecule has 1 aliphatic rings. The third-order valence-electron chi connectivity index (χ3n) is 2.88. The Hall–Kier alpha value is -0.820. The molecule has 1 nitrogen and oxygen atoms in total. The van der Waals surface area contributed by atoms with Gasteiger partial charge in [-0.05, 0) is 35.4 Å². The Morgan fingerprint density at radius 3 is 2.85 bits per heavy atom. The van der Waals surface area contributed by atoms with E-state index in [9.17, 15) is 5.11 Å². The molecule has 0 bridgehead atoms. The summed E-state index contributed by atoms with van der Waals surface area (Å²) in [6.45, 7) is 4.40. The summed E-state index contributed by atoms with van der Waals surface area (Å²) in [6, 6.07) is 6.47. The summed E-state index contributed by atoms with van der Waals surface area (Å²) in [5.74, 6) is 0.586. The molecule has 0 fully saturated rings. The summed E-state index contributed by atoms with van der Waals surface area (Å²) in [5, 5.41) is 9.61. The first kappa shape index (κ1) is 8.76. The van der Waals surface area contributed by atoms with Gasteiger partial charge in [0, 0.05) is 0 Å². The predicted octanol–water partition coefficient (Wildman–Crippen LogP) is 2.79. The van der Waals surface area contributed by atoms with E-state index >= 15 is 0 Å². The molecule has 1 aliphatic carbocycles. The SMILES string of the molecule is CC(C)c1ccc2c(c1)CC[C@H]2O. The lowest BCUT2D eigenvalue weighted by Gasteiger charge is -2.08. The van der Waals surface area contributed by atoms with Gasteiger partial charge in [0.1, 0.15) is 0 Å². The fourth-order valence-electron chi connectivity index (χ4n) is 1.97. The maximum atomic E-state index is 9.61. The van der Waals surface area contributed by atoms with Gasteiger partial charge < -0.3 is 5.11 Å². The van der Waals surface area contributed by atoms with E-state index in [1.54, 1.807) is 0 Å². The van der Waals surface area contributed by atoms with Crippen molar-refractivity contribution in [3.05, 3.63) is 34.9 Å². The molecule has 1 N–H and O–H groups in total. The number of fused-ring (bicyclic) bond motifs is 1. The van der Waals surface area contributed by atoms with Crippen LogP contribution in [-0.4, -0.2) is 5.11 Å². The second-order valence-electron chi connectivity index (χ2n) is 4.17. The van der Waals surface area contributed by atoms with E-state index < -0.39 is 0 Å². The highest BCUT2D eigenvalue weighted by Gasteiger charge is 2.20. The van der Waals surface area contributed by atoms with E-state index in [1.165, 1.54) is 11.1 Å². The van der Waals surface area contributed by atoms with Crippen LogP contribution in [0.25, 0.3) is 0 Å². The molecular formula is C12H16O. The molecule has 0 heterocycles. The highest BCUT2D eigenvalue weighted by atomic mass is 16.3. The Balaban J connectivity index is 2.40. The first-order valence-electron chi connectivity index (χ1n) is 4.99. The second-order valence-corrected chi connectivity index (χ2v) is 4.17. The van der Waals surface area contributed by atoms with Crippen molar-refractivity contribution in [2.24, 2.45) is 0 Å². The molecule has 0 aromatic heterocycles. The maximum absolute atomic E-state index is 9.61. The van der Waals surface area contributed by atoms with Crippen LogP contribution in [0.1, 0.15) is 49.0 Å². The Morgan fingerprint density at radius 1 is 1.38 bits per heavy atom. The van der Waals surface area contributed by atoms with E-state index in [4.69, 9.17) is 0 Å².